The molecule has 0 spiro atoms. The van der Waals surface area contributed by atoms with Gasteiger partial charge >= 0.3 is 0 Å². The topological polar surface area (TPSA) is 20.3 Å². The fraction of sp³-hybridized carbons (Fsp3) is 0.267. The van der Waals surface area contributed by atoms with Crippen molar-refractivity contribution in [3.8, 4) is 0 Å². The van der Waals surface area contributed by atoms with E-state index in [2.05, 4.69) is 11.4 Å². The number of amides is 1. The van der Waals surface area contributed by atoms with Gasteiger partial charge in [0.2, 0.25) is 0 Å². The minimum absolute atomic E-state index is 0.0413. The molecule has 0 N–H and O–H groups in total. The molecule has 1 aliphatic rings. The first kappa shape index (κ1) is 14.5. The van der Waals surface area contributed by atoms with Crippen molar-refractivity contribution >= 4 is 29.0 Å². The first-order valence-corrected chi connectivity index (χ1v) is 8.29. The number of thiophene rings is 1. The summed E-state index contributed by atoms with van der Waals surface area (Å²) in [4.78, 5) is 16.1. The fourth-order valence-electron chi connectivity index (χ4n) is 2.38. The second-order valence-corrected chi connectivity index (χ2v) is 6.81. The van der Waals surface area contributed by atoms with E-state index < -0.39 is 5.76 Å². The van der Waals surface area contributed by atoms with Gasteiger partial charge in [0.15, 0.2) is 0 Å². The molecular formula is C15H13F2NOS2. The van der Waals surface area contributed by atoms with Crippen LogP contribution < -0.4 is 0 Å². The number of thioether (sulfide) groups is 1. The van der Waals surface area contributed by atoms with Crippen molar-refractivity contribution in [1.29, 1.82) is 0 Å². The van der Waals surface area contributed by atoms with Gasteiger partial charge in [-0.3, -0.25) is 4.79 Å². The molecule has 1 aromatic heterocycles. The number of rotatable bonds is 3. The molecule has 3 rings (SSSR count). The predicted octanol–water partition coefficient (Wildman–Crippen LogP) is 4.26. The highest BCUT2D eigenvalue weighted by Gasteiger charge is 2.22. The van der Waals surface area contributed by atoms with Crippen LogP contribution >= 0.6 is 23.1 Å². The van der Waals surface area contributed by atoms with Gasteiger partial charge in [-0.05, 0) is 47.7 Å². The highest BCUT2D eigenvalue weighted by Crippen LogP contribution is 2.27. The molecular weight excluding hydrogens is 312 g/mol. The Hall–Kier alpha value is -1.40. The lowest BCUT2D eigenvalue weighted by atomic mass is 10.1. The third-order valence-electron chi connectivity index (χ3n) is 3.42. The molecule has 6 heteroatoms. The number of nitrogens with zero attached hydrogens (tertiary/aromatic N) is 1. The van der Waals surface area contributed by atoms with Gasteiger partial charge in [-0.15, -0.1) is 11.3 Å². The summed E-state index contributed by atoms with van der Waals surface area (Å²) in [6.07, 6.45) is 0.887. The van der Waals surface area contributed by atoms with Crippen molar-refractivity contribution < 1.29 is 13.6 Å². The van der Waals surface area contributed by atoms with Gasteiger partial charge in [-0.25, -0.2) is 0 Å². The minimum Gasteiger partial charge on any atom is -0.334 e. The Labute approximate surface area is 129 Å². The number of hydrogen-bond donors (Lipinski definition) is 0. The largest absolute Gasteiger partial charge is 0.334 e. The van der Waals surface area contributed by atoms with Crippen LogP contribution in [-0.4, -0.2) is 23.1 Å². The summed E-state index contributed by atoms with van der Waals surface area (Å²) in [5.74, 6) is -2.48. The smallest absolute Gasteiger partial charge is 0.288 e. The van der Waals surface area contributed by atoms with E-state index in [0.29, 0.717) is 35.3 Å². The average molecular weight is 325 g/mol. The van der Waals surface area contributed by atoms with Crippen LogP contribution in [0.25, 0.3) is 0 Å². The molecule has 2 heterocycles. The second-order valence-electron chi connectivity index (χ2n) is 4.75. The quantitative estimate of drug-likeness (QED) is 0.786. The zero-order valence-electron chi connectivity index (χ0n) is 11.1. The first-order valence-electron chi connectivity index (χ1n) is 6.53. The van der Waals surface area contributed by atoms with Gasteiger partial charge < -0.3 is 4.90 Å². The molecule has 0 radical (unpaired) electrons. The summed E-state index contributed by atoms with van der Waals surface area (Å²) in [6.45, 7) is 1.34. The highest BCUT2D eigenvalue weighted by molar-refractivity contribution is 7.99. The van der Waals surface area contributed by atoms with Crippen LogP contribution in [0.3, 0.4) is 0 Å². The molecule has 0 saturated carbocycles. The van der Waals surface area contributed by atoms with Gasteiger partial charge in [0.25, 0.3) is 11.7 Å². The van der Waals surface area contributed by atoms with Gasteiger partial charge in [0.1, 0.15) is 0 Å². The summed E-state index contributed by atoms with van der Waals surface area (Å²) in [5, 5.41) is 2.05. The molecule has 21 heavy (non-hydrogen) atoms. The molecule has 2 nitrogen and oxygen atoms in total. The number of benzene rings is 1. The first-order chi connectivity index (χ1) is 10.1. The normalized spacial score (nSPS) is 14.3. The molecule has 0 fully saturated rings. The van der Waals surface area contributed by atoms with Crippen LogP contribution in [-0.2, 0) is 13.0 Å². The average Bonchev–Trinajstić information content (AvgIpc) is 2.94. The zero-order valence-corrected chi connectivity index (χ0v) is 12.7. The van der Waals surface area contributed by atoms with Crippen molar-refractivity contribution in [3.05, 3.63) is 51.7 Å². The number of hydrogen-bond acceptors (Lipinski definition) is 3. The summed E-state index contributed by atoms with van der Waals surface area (Å²) in [5.41, 5.74) is 1.76. The number of halogens is 2. The van der Waals surface area contributed by atoms with Gasteiger partial charge in [0.05, 0.1) is 0 Å². The van der Waals surface area contributed by atoms with E-state index >= 15 is 0 Å². The van der Waals surface area contributed by atoms with Crippen LogP contribution in [0.15, 0.2) is 40.6 Å². The van der Waals surface area contributed by atoms with Crippen molar-refractivity contribution in [2.75, 3.05) is 6.54 Å². The summed E-state index contributed by atoms with van der Waals surface area (Å²) in [6, 6.07) is 8.45. The maximum absolute atomic E-state index is 12.4. The van der Waals surface area contributed by atoms with Crippen molar-refractivity contribution in [1.82, 2.24) is 4.90 Å². The zero-order chi connectivity index (χ0) is 14.8. The molecule has 1 amide bonds. The third-order valence-corrected chi connectivity index (χ3v) is 5.17. The van der Waals surface area contributed by atoms with Crippen molar-refractivity contribution in [3.63, 3.8) is 0 Å². The summed E-state index contributed by atoms with van der Waals surface area (Å²) in [7, 11) is 0. The molecule has 0 atom stereocenters. The maximum Gasteiger partial charge on any atom is 0.288 e. The standard InChI is InChI=1S/C15H13F2NOS2/c16-15(17)21-12-3-1-10(2-4-12)14(19)18-7-5-13-11(9-18)6-8-20-13/h1-4,6,8,15H,5,7,9H2. The predicted molar refractivity (Wildman–Crippen MR) is 81.1 cm³/mol. The Morgan fingerprint density at radius 3 is 2.71 bits per heavy atom. The van der Waals surface area contributed by atoms with E-state index in [-0.39, 0.29) is 5.91 Å². The molecule has 2 aromatic rings. The molecule has 1 aliphatic heterocycles. The van der Waals surface area contributed by atoms with Gasteiger partial charge in [-0.1, -0.05) is 11.8 Å². The molecule has 0 saturated heterocycles. The Morgan fingerprint density at radius 2 is 2.00 bits per heavy atom. The van der Waals surface area contributed by atoms with E-state index in [9.17, 15) is 13.6 Å². The number of alkyl halides is 2. The lowest BCUT2D eigenvalue weighted by molar-refractivity contribution is 0.0736. The molecule has 110 valence electrons. The van der Waals surface area contributed by atoms with Gasteiger partial charge in [0, 0.05) is 28.4 Å². The van der Waals surface area contributed by atoms with Crippen molar-refractivity contribution in [2.45, 2.75) is 23.6 Å². The molecule has 0 unspecified atom stereocenters. The fourth-order valence-corrected chi connectivity index (χ4v) is 3.77. The second kappa shape index (κ2) is 6.15. The third kappa shape index (κ3) is 3.27. The van der Waals surface area contributed by atoms with Crippen LogP contribution in [0.5, 0.6) is 0 Å². The number of carbonyl (C=O) groups excluding carboxylic acids is 1. The highest BCUT2D eigenvalue weighted by atomic mass is 32.2. The van der Waals surface area contributed by atoms with E-state index in [4.69, 9.17) is 0 Å². The summed E-state index contributed by atoms with van der Waals surface area (Å²) < 4.78 is 24.5. The lowest BCUT2D eigenvalue weighted by Crippen LogP contribution is -2.35. The van der Waals surface area contributed by atoms with E-state index in [1.54, 1.807) is 35.6 Å². The Morgan fingerprint density at radius 1 is 1.24 bits per heavy atom. The van der Waals surface area contributed by atoms with E-state index in [1.807, 2.05) is 4.90 Å². The Kier molecular flexibility index (Phi) is 4.26. The lowest BCUT2D eigenvalue weighted by Gasteiger charge is -2.27. The maximum atomic E-state index is 12.4. The Bertz CT molecular complexity index is 639. The number of fused-ring (bicyclic) bond motifs is 1. The molecule has 0 aliphatic carbocycles. The van der Waals surface area contributed by atoms with Crippen molar-refractivity contribution in [2.24, 2.45) is 0 Å². The monoisotopic (exact) mass is 325 g/mol. The van der Waals surface area contributed by atoms with E-state index in [0.717, 1.165) is 6.42 Å². The SMILES string of the molecule is O=C(c1ccc(SC(F)F)cc1)N1CCc2sccc2C1. The molecule has 1 aromatic carbocycles. The van der Waals surface area contributed by atoms with Crippen LogP contribution in [0, 0.1) is 0 Å². The van der Waals surface area contributed by atoms with Crippen LogP contribution in [0.2, 0.25) is 0 Å². The van der Waals surface area contributed by atoms with Crippen LogP contribution in [0.1, 0.15) is 20.8 Å². The summed E-state index contributed by atoms with van der Waals surface area (Å²) >= 11 is 2.22. The Balaban J connectivity index is 1.71. The molecule has 0 bridgehead atoms. The minimum atomic E-state index is -2.44. The van der Waals surface area contributed by atoms with Gasteiger partial charge in [-0.2, -0.15) is 8.78 Å². The van der Waals surface area contributed by atoms with Crippen LogP contribution in [0.4, 0.5) is 8.78 Å². The van der Waals surface area contributed by atoms with E-state index in [1.165, 1.54) is 10.4 Å². The number of carbonyl (C=O) groups is 1.